The van der Waals surface area contributed by atoms with E-state index in [1.54, 1.807) is 23.1 Å². The number of nitrogens with zero attached hydrogens (tertiary/aromatic N) is 4. The molecule has 7 heteroatoms. The highest BCUT2D eigenvalue weighted by Crippen LogP contribution is 2.19. The molecular weight excluding hydrogens is 330 g/mol. The fourth-order valence-electron chi connectivity index (χ4n) is 2.44. The molecule has 3 rings (SSSR count). The van der Waals surface area contributed by atoms with E-state index in [1.807, 2.05) is 44.2 Å². The van der Waals surface area contributed by atoms with Crippen LogP contribution in [0.25, 0.3) is 5.69 Å². The van der Waals surface area contributed by atoms with Crippen LogP contribution in [0.15, 0.2) is 53.3 Å². The highest BCUT2D eigenvalue weighted by molar-refractivity contribution is 5.91. The van der Waals surface area contributed by atoms with E-state index in [4.69, 9.17) is 4.52 Å². The third-order valence-corrected chi connectivity index (χ3v) is 4.23. The van der Waals surface area contributed by atoms with Crippen LogP contribution in [0.2, 0.25) is 0 Å². The van der Waals surface area contributed by atoms with Crippen LogP contribution in [0.3, 0.4) is 0 Å². The van der Waals surface area contributed by atoms with Crippen LogP contribution in [0, 0.1) is 11.3 Å². The van der Waals surface area contributed by atoms with Crippen molar-refractivity contribution in [2.24, 2.45) is 0 Å². The Hall–Kier alpha value is -3.40. The van der Waals surface area contributed by atoms with E-state index in [-0.39, 0.29) is 11.7 Å². The minimum absolute atomic E-state index is 0.0935. The lowest BCUT2D eigenvalue weighted by Gasteiger charge is -2.07. The summed E-state index contributed by atoms with van der Waals surface area (Å²) in [6.45, 7) is 4.05. The normalized spacial score (nSPS) is 13.0. The smallest absolute Gasteiger partial charge is 0.291 e. The molecule has 1 aromatic carbocycles. The van der Waals surface area contributed by atoms with Crippen LogP contribution in [0.5, 0.6) is 0 Å². The summed E-state index contributed by atoms with van der Waals surface area (Å²) in [4.78, 5) is 12.4. The van der Waals surface area contributed by atoms with Crippen molar-refractivity contribution in [1.82, 2.24) is 20.3 Å². The van der Waals surface area contributed by atoms with E-state index >= 15 is 0 Å². The minimum Gasteiger partial charge on any atom is -0.351 e. The molecule has 0 radical (unpaired) electrons. The number of carbonyl (C=O) groups excluding carboxylic acids is 1. The summed E-state index contributed by atoms with van der Waals surface area (Å²) >= 11 is 0. The molecule has 0 aliphatic heterocycles. The Balaban J connectivity index is 1.74. The highest BCUT2D eigenvalue weighted by Gasteiger charge is 2.21. The second kappa shape index (κ2) is 7.66. The molecule has 1 amide bonds. The van der Waals surface area contributed by atoms with Gasteiger partial charge in [-0.05, 0) is 18.6 Å². The topological polar surface area (TPSA) is 96.7 Å². The van der Waals surface area contributed by atoms with E-state index in [0.29, 0.717) is 5.56 Å². The molecule has 1 N–H and O–H groups in total. The summed E-state index contributed by atoms with van der Waals surface area (Å²) in [5, 5.41) is 20.3. The summed E-state index contributed by atoms with van der Waals surface area (Å²) in [6.07, 6.45) is 4.17. The third kappa shape index (κ3) is 3.64. The van der Waals surface area contributed by atoms with Gasteiger partial charge in [0.2, 0.25) is 5.76 Å². The molecule has 0 spiro atoms. The van der Waals surface area contributed by atoms with Gasteiger partial charge in [-0.25, -0.2) is 4.68 Å². The van der Waals surface area contributed by atoms with Gasteiger partial charge in [-0.15, -0.1) is 0 Å². The average Bonchev–Trinajstić information content (AvgIpc) is 3.36. The van der Waals surface area contributed by atoms with Crippen molar-refractivity contribution < 1.29 is 9.32 Å². The zero-order valence-electron chi connectivity index (χ0n) is 14.6. The van der Waals surface area contributed by atoms with E-state index in [2.05, 4.69) is 21.6 Å². The molecule has 0 aliphatic carbocycles. The van der Waals surface area contributed by atoms with E-state index in [1.165, 1.54) is 0 Å². The molecule has 0 bridgehead atoms. The molecule has 2 aromatic heterocycles. The van der Waals surface area contributed by atoms with Crippen LogP contribution < -0.4 is 5.32 Å². The summed E-state index contributed by atoms with van der Waals surface area (Å²) in [5.74, 6) is -0.182. The van der Waals surface area contributed by atoms with Gasteiger partial charge < -0.3 is 9.84 Å². The number of aromatic nitrogens is 3. The number of rotatable bonds is 6. The lowest BCUT2D eigenvalue weighted by atomic mass is 10.1. The number of para-hydroxylation sites is 1. The van der Waals surface area contributed by atoms with Gasteiger partial charge in [-0.3, -0.25) is 4.79 Å². The van der Waals surface area contributed by atoms with Crippen molar-refractivity contribution in [1.29, 1.82) is 5.26 Å². The maximum absolute atomic E-state index is 12.4. The first-order valence-electron chi connectivity index (χ1n) is 8.39. The molecular formula is C19H19N5O2. The van der Waals surface area contributed by atoms with Gasteiger partial charge in [0.15, 0.2) is 0 Å². The Kier molecular flexibility index (Phi) is 5.13. The van der Waals surface area contributed by atoms with Gasteiger partial charge in [-0.2, -0.15) is 10.4 Å². The molecule has 2 unspecified atom stereocenters. The Bertz CT molecular complexity index is 923. The molecule has 3 aromatic rings. The zero-order chi connectivity index (χ0) is 18.5. The quantitative estimate of drug-likeness (QED) is 0.736. The number of carbonyl (C=O) groups is 1. The fourth-order valence-corrected chi connectivity index (χ4v) is 2.44. The molecule has 0 saturated carbocycles. The summed E-state index contributed by atoms with van der Waals surface area (Å²) in [5.41, 5.74) is 2.18. The van der Waals surface area contributed by atoms with E-state index < -0.39 is 11.9 Å². The van der Waals surface area contributed by atoms with Crippen LogP contribution in [0.1, 0.15) is 54.0 Å². The summed E-state index contributed by atoms with van der Waals surface area (Å²) in [6, 6.07) is 12.4. The molecule has 2 atom stereocenters. The van der Waals surface area contributed by atoms with Gasteiger partial charge in [0.1, 0.15) is 6.04 Å². The first-order valence-corrected chi connectivity index (χ1v) is 8.39. The Morgan fingerprint density at radius 2 is 2.15 bits per heavy atom. The second-order valence-electron chi connectivity index (χ2n) is 6.01. The number of benzene rings is 1. The molecule has 26 heavy (non-hydrogen) atoms. The lowest BCUT2D eigenvalue weighted by molar-refractivity contribution is 0.0908. The lowest BCUT2D eigenvalue weighted by Crippen LogP contribution is -2.27. The largest absolute Gasteiger partial charge is 0.351 e. The van der Waals surface area contributed by atoms with Crippen molar-refractivity contribution in [3.63, 3.8) is 0 Å². The van der Waals surface area contributed by atoms with Crippen molar-refractivity contribution >= 4 is 5.91 Å². The van der Waals surface area contributed by atoms with E-state index in [9.17, 15) is 10.1 Å². The monoisotopic (exact) mass is 349 g/mol. The summed E-state index contributed by atoms with van der Waals surface area (Å²) < 4.78 is 6.77. The molecule has 0 saturated heterocycles. The molecule has 7 nitrogen and oxygen atoms in total. The maximum atomic E-state index is 12.4. The summed E-state index contributed by atoms with van der Waals surface area (Å²) in [7, 11) is 0. The van der Waals surface area contributed by atoms with Crippen LogP contribution in [-0.2, 0) is 0 Å². The van der Waals surface area contributed by atoms with Gasteiger partial charge in [0.25, 0.3) is 5.91 Å². The second-order valence-corrected chi connectivity index (χ2v) is 6.01. The number of amides is 1. The molecule has 0 aliphatic rings. The standard InChI is InChI=1S/C19H19N5O2/c1-3-13(2)16-9-18(26-23-16)19(25)22-17(10-20)14-11-21-24(12-14)15-7-5-4-6-8-15/h4-9,11-13,17H,3H2,1-2H3,(H,22,25). The third-order valence-electron chi connectivity index (χ3n) is 4.23. The first-order chi connectivity index (χ1) is 12.6. The predicted molar refractivity (Wildman–Crippen MR) is 94.6 cm³/mol. The van der Waals surface area contributed by atoms with Crippen LogP contribution in [0.4, 0.5) is 0 Å². The predicted octanol–water partition coefficient (Wildman–Crippen LogP) is 3.37. The van der Waals surface area contributed by atoms with E-state index in [0.717, 1.165) is 17.8 Å². The fraction of sp³-hybridized carbons (Fsp3) is 0.263. The Morgan fingerprint density at radius 3 is 2.85 bits per heavy atom. The van der Waals surface area contributed by atoms with Crippen molar-refractivity contribution in [3.8, 4) is 11.8 Å². The maximum Gasteiger partial charge on any atom is 0.291 e. The SMILES string of the molecule is CCC(C)c1cc(C(=O)NC(C#N)c2cnn(-c3ccccc3)c2)on1. The number of nitriles is 1. The van der Waals surface area contributed by atoms with Crippen LogP contribution in [-0.4, -0.2) is 20.8 Å². The van der Waals surface area contributed by atoms with Gasteiger partial charge in [0.05, 0.1) is 23.6 Å². The Morgan fingerprint density at radius 1 is 1.38 bits per heavy atom. The Labute approximate surface area is 151 Å². The van der Waals surface area contributed by atoms with Crippen molar-refractivity contribution in [3.05, 3.63) is 65.8 Å². The number of hydrogen-bond acceptors (Lipinski definition) is 5. The van der Waals surface area contributed by atoms with Gasteiger partial charge in [-0.1, -0.05) is 37.2 Å². The first kappa shape index (κ1) is 17.4. The molecule has 2 heterocycles. The molecule has 0 fully saturated rings. The number of nitrogens with one attached hydrogen (secondary N) is 1. The zero-order valence-corrected chi connectivity index (χ0v) is 14.6. The van der Waals surface area contributed by atoms with Crippen LogP contribution >= 0.6 is 0 Å². The van der Waals surface area contributed by atoms with Crippen molar-refractivity contribution in [2.75, 3.05) is 0 Å². The number of hydrogen-bond donors (Lipinski definition) is 1. The van der Waals surface area contributed by atoms with Gasteiger partial charge >= 0.3 is 0 Å². The molecule has 132 valence electrons. The highest BCUT2D eigenvalue weighted by atomic mass is 16.5. The minimum atomic E-state index is -0.836. The average molecular weight is 349 g/mol. The van der Waals surface area contributed by atoms with Gasteiger partial charge in [0, 0.05) is 23.7 Å². The van der Waals surface area contributed by atoms with Crippen molar-refractivity contribution in [2.45, 2.75) is 32.2 Å².